The predicted molar refractivity (Wildman–Crippen MR) is 73.3 cm³/mol. The molecular formula is C16H15FO3. The Morgan fingerprint density at radius 1 is 1.15 bits per heavy atom. The zero-order valence-corrected chi connectivity index (χ0v) is 11.1. The van der Waals surface area contributed by atoms with Crippen LogP contribution in [-0.2, 0) is 17.8 Å². The Hall–Kier alpha value is -2.36. The quantitative estimate of drug-likeness (QED) is 0.909. The van der Waals surface area contributed by atoms with Crippen molar-refractivity contribution in [2.24, 2.45) is 0 Å². The minimum Gasteiger partial charge on any atom is -0.486 e. The molecule has 0 spiro atoms. The lowest BCUT2D eigenvalue weighted by atomic mass is 10.1. The van der Waals surface area contributed by atoms with Crippen LogP contribution in [0.15, 0.2) is 42.5 Å². The first-order valence-corrected chi connectivity index (χ1v) is 6.23. The van der Waals surface area contributed by atoms with Gasteiger partial charge in [0.15, 0.2) is 11.6 Å². The second-order valence-corrected chi connectivity index (χ2v) is 4.61. The summed E-state index contributed by atoms with van der Waals surface area (Å²) in [5, 5.41) is 8.68. The van der Waals surface area contributed by atoms with Gasteiger partial charge in [0.2, 0.25) is 0 Å². The molecule has 0 bridgehead atoms. The average Bonchev–Trinajstić information content (AvgIpc) is 2.41. The fourth-order valence-corrected chi connectivity index (χ4v) is 1.81. The maximum Gasteiger partial charge on any atom is 0.307 e. The number of ether oxygens (including phenoxy) is 1. The van der Waals surface area contributed by atoms with Crippen molar-refractivity contribution in [2.45, 2.75) is 20.0 Å². The first kappa shape index (κ1) is 14.1. The van der Waals surface area contributed by atoms with Crippen molar-refractivity contribution in [3.63, 3.8) is 0 Å². The van der Waals surface area contributed by atoms with Crippen molar-refractivity contribution in [2.75, 3.05) is 0 Å². The van der Waals surface area contributed by atoms with Crippen LogP contribution in [0.4, 0.5) is 4.39 Å². The third-order valence-corrected chi connectivity index (χ3v) is 2.86. The van der Waals surface area contributed by atoms with Crippen molar-refractivity contribution in [3.05, 3.63) is 65.0 Å². The smallest absolute Gasteiger partial charge is 0.307 e. The second kappa shape index (κ2) is 6.19. The van der Waals surface area contributed by atoms with Gasteiger partial charge in [-0.1, -0.05) is 30.3 Å². The first-order chi connectivity index (χ1) is 9.54. The lowest BCUT2D eigenvalue weighted by molar-refractivity contribution is -0.136. The fraction of sp³-hybridized carbons (Fsp3) is 0.188. The Kier molecular flexibility index (Phi) is 4.35. The minimum absolute atomic E-state index is 0.00630. The molecule has 0 amide bonds. The first-order valence-electron chi connectivity index (χ1n) is 6.23. The van der Waals surface area contributed by atoms with Crippen LogP contribution < -0.4 is 4.74 Å². The van der Waals surface area contributed by atoms with E-state index in [2.05, 4.69) is 0 Å². The molecule has 4 heteroatoms. The van der Waals surface area contributed by atoms with Crippen LogP contribution in [0, 0.1) is 12.7 Å². The molecule has 0 saturated heterocycles. The molecule has 0 aliphatic heterocycles. The number of carboxylic acids is 1. The van der Waals surface area contributed by atoms with Crippen molar-refractivity contribution in [1.29, 1.82) is 0 Å². The molecule has 0 fully saturated rings. The molecule has 0 saturated carbocycles. The van der Waals surface area contributed by atoms with Crippen LogP contribution in [0.2, 0.25) is 0 Å². The number of aryl methyl sites for hydroxylation is 1. The third-order valence-electron chi connectivity index (χ3n) is 2.86. The van der Waals surface area contributed by atoms with E-state index in [0.717, 1.165) is 16.7 Å². The van der Waals surface area contributed by atoms with Crippen LogP contribution in [0.1, 0.15) is 16.7 Å². The molecule has 2 aromatic carbocycles. The molecule has 2 aromatic rings. The number of rotatable bonds is 5. The molecule has 0 unspecified atom stereocenters. The zero-order chi connectivity index (χ0) is 14.5. The topological polar surface area (TPSA) is 46.5 Å². The van der Waals surface area contributed by atoms with Crippen molar-refractivity contribution in [3.8, 4) is 5.75 Å². The summed E-state index contributed by atoms with van der Waals surface area (Å²) >= 11 is 0. The number of benzene rings is 2. The summed E-state index contributed by atoms with van der Waals surface area (Å²) in [4.78, 5) is 10.6. The molecule has 20 heavy (non-hydrogen) atoms. The minimum atomic E-state index is -0.865. The van der Waals surface area contributed by atoms with E-state index in [0.29, 0.717) is 0 Å². The Bertz CT molecular complexity index is 606. The largest absolute Gasteiger partial charge is 0.486 e. The molecule has 0 heterocycles. The van der Waals surface area contributed by atoms with Gasteiger partial charge in [-0.25, -0.2) is 4.39 Å². The second-order valence-electron chi connectivity index (χ2n) is 4.61. The summed E-state index contributed by atoms with van der Waals surface area (Å²) in [6, 6.07) is 11.7. The van der Waals surface area contributed by atoms with Gasteiger partial charge in [-0.2, -0.15) is 0 Å². The van der Waals surface area contributed by atoms with Crippen LogP contribution in [0.5, 0.6) is 5.75 Å². The lowest BCUT2D eigenvalue weighted by Crippen LogP contribution is -2.01. The van der Waals surface area contributed by atoms with Crippen LogP contribution >= 0.6 is 0 Å². The van der Waals surface area contributed by atoms with Crippen molar-refractivity contribution >= 4 is 5.97 Å². The van der Waals surface area contributed by atoms with E-state index in [1.807, 2.05) is 6.92 Å². The summed E-state index contributed by atoms with van der Waals surface area (Å²) in [5.74, 6) is -1.03. The Morgan fingerprint density at radius 3 is 2.45 bits per heavy atom. The maximum absolute atomic E-state index is 13.5. The molecule has 2 rings (SSSR count). The van der Waals surface area contributed by atoms with Crippen LogP contribution in [0.25, 0.3) is 0 Å². The monoisotopic (exact) mass is 274 g/mol. The maximum atomic E-state index is 13.5. The highest BCUT2D eigenvalue weighted by atomic mass is 19.1. The van der Waals surface area contributed by atoms with Gasteiger partial charge < -0.3 is 9.84 Å². The number of halogens is 1. The summed E-state index contributed by atoms with van der Waals surface area (Å²) < 4.78 is 18.9. The Morgan fingerprint density at radius 2 is 1.80 bits per heavy atom. The number of aliphatic carboxylic acids is 1. The molecule has 0 aliphatic rings. The van der Waals surface area contributed by atoms with Gasteiger partial charge in [0.05, 0.1) is 6.42 Å². The Balaban J connectivity index is 2.00. The van der Waals surface area contributed by atoms with E-state index >= 15 is 0 Å². The van der Waals surface area contributed by atoms with Gasteiger partial charge in [-0.3, -0.25) is 4.79 Å². The molecule has 0 radical (unpaired) electrons. The van der Waals surface area contributed by atoms with Gasteiger partial charge in [-0.15, -0.1) is 0 Å². The van der Waals surface area contributed by atoms with E-state index in [4.69, 9.17) is 9.84 Å². The molecule has 0 aromatic heterocycles. The lowest BCUT2D eigenvalue weighted by Gasteiger charge is -2.08. The van der Waals surface area contributed by atoms with Gasteiger partial charge >= 0.3 is 5.97 Å². The van der Waals surface area contributed by atoms with E-state index < -0.39 is 11.8 Å². The summed E-state index contributed by atoms with van der Waals surface area (Å²) in [7, 11) is 0. The van der Waals surface area contributed by atoms with Crippen molar-refractivity contribution < 1.29 is 19.0 Å². The average molecular weight is 274 g/mol. The highest BCUT2D eigenvalue weighted by Gasteiger charge is 2.04. The van der Waals surface area contributed by atoms with E-state index in [9.17, 15) is 9.18 Å². The number of carboxylic acid groups (broad SMARTS) is 1. The zero-order valence-electron chi connectivity index (χ0n) is 11.1. The normalized spacial score (nSPS) is 10.3. The summed E-state index contributed by atoms with van der Waals surface area (Å²) in [6.07, 6.45) is -0.00630. The fourth-order valence-electron chi connectivity index (χ4n) is 1.81. The molecular weight excluding hydrogens is 259 g/mol. The highest BCUT2D eigenvalue weighted by Crippen LogP contribution is 2.19. The molecule has 3 nitrogen and oxygen atoms in total. The number of hydrogen-bond acceptors (Lipinski definition) is 2. The number of carbonyl (C=O) groups is 1. The van der Waals surface area contributed by atoms with Gasteiger partial charge in [0.1, 0.15) is 6.61 Å². The SMILES string of the molecule is Cc1ccc(F)c(OCc2ccc(CC(=O)O)cc2)c1. The van der Waals surface area contributed by atoms with Gasteiger partial charge in [0.25, 0.3) is 0 Å². The molecule has 0 aliphatic carbocycles. The third kappa shape index (κ3) is 3.82. The molecule has 104 valence electrons. The molecule has 1 N–H and O–H groups in total. The van der Waals surface area contributed by atoms with E-state index in [-0.39, 0.29) is 18.8 Å². The number of hydrogen-bond donors (Lipinski definition) is 1. The van der Waals surface area contributed by atoms with Crippen LogP contribution in [-0.4, -0.2) is 11.1 Å². The predicted octanol–water partition coefficient (Wildman–Crippen LogP) is 3.34. The van der Waals surface area contributed by atoms with Gasteiger partial charge in [0, 0.05) is 0 Å². The Labute approximate surface area is 116 Å². The summed E-state index contributed by atoms with van der Waals surface area (Å²) in [5.41, 5.74) is 2.52. The van der Waals surface area contributed by atoms with Crippen molar-refractivity contribution in [1.82, 2.24) is 0 Å². The van der Waals surface area contributed by atoms with Gasteiger partial charge in [-0.05, 0) is 35.7 Å². The van der Waals surface area contributed by atoms with Crippen LogP contribution in [0.3, 0.4) is 0 Å². The van der Waals surface area contributed by atoms with E-state index in [1.165, 1.54) is 6.07 Å². The summed E-state index contributed by atoms with van der Waals surface area (Å²) in [6.45, 7) is 2.11. The standard InChI is InChI=1S/C16H15FO3/c1-11-2-7-14(17)15(8-11)20-10-13-5-3-12(4-6-13)9-16(18)19/h2-8H,9-10H2,1H3,(H,18,19). The van der Waals surface area contributed by atoms with E-state index in [1.54, 1.807) is 36.4 Å². The highest BCUT2D eigenvalue weighted by molar-refractivity contribution is 5.70. The molecule has 0 atom stereocenters.